The van der Waals surface area contributed by atoms with Crippen molar-refractivity contribution < 1.29 is 9.47 Å². The van der Waals surface area contributed by atoms with E-state index < -0.39 is 0 Å². The molecule has 1 aliphatic heterocycles. The molecule has 1 heterocycles. The van der Waals surface area contributed by atoms with Gasteiger partial charge in [-0.2, -0.15) is 0 Å². The molecule has 5 aliphatic rings. The lowest BCUT2D eigenvalue weighted by Gasteiger charge is -2.58. The maximum Gasteiger partial charge on any atom is 0.174 e. The predicted molar refractivity (Wildman–Crippen MR) is 60.9 cm³/mol. The third kappa shape index (κ3) is 1.15. The van der Waals surface area contributed by atoms with Crippen LogP contribution in [0.1, 0.15) is 45.4 Å². The first-order valence-corrected chi connectivity index (χ1v) is 7.12. The van der Waals surface area contributed by atoms with Crippen molar-refractivity contribution in [3.8, 4) is 0 Å². The highest BCUT2D eigenvalue weighted by Gasteiger charge is 2.61. The van der Waals surface area contributed by atoms with Gasteiger partial charge in [0.05, 0.1) is 12.7 Å². The summed E-state index contributed by atoms with van der Waals surface area (Å²) in [6.45, 7) is 3.06. The Kier molecular flexibility index (Phi) is 2.00. The molecule has 1 unspecified atom stereocenters. The molecule has 1 atom stereocenters. The molecule has 90 valence electrons. The van der Waals surface area contributed by atoms with Crippen molar-refractivity contribution in [2.45, 2.75) is 57.3 Å². The van der Waals surface area contributed by atoms with Crippen LogP contribution in [-0.4, -0.2) is 18.5 Å². The van der Waals surface area contributed by atoms with Gasteiger partial charge in [-0.15, -0.1) is 0 Å². The lowest BCUT2D eigenvalue weighted by molar-refractivity contribution is -0.294. The van der Waals surface area contributed by atoms with E-state index in [2.05, 4.69) is 6.92 Å². The minimum Gasteiger partial charge on any atom is -0.347 e. The molecule has 0 aromatic carbocycles. The summed E-state index contributed by atoms with van der Waals surface area (Å²) in [5, 5.41) is 0. The summed E-state index contributed by atoms with van der Waals surface area (Å²) in [6.07, 6.45) is 8.49. The molecule has 5 fully saturated rings. The molecule has 1 spiro atoms. The van der Waals surface area contributed by atoms with Crippen LogP contribution in [0, 0.1) is 23.7 Å². The summed E-state index contributed by atoms with van der Waals surface area (Å²) in [4.78, 5) is 0. The molecule has 4 aliphatic carbocycles. The molecule has 16 heavy (non-hydrogen) atoms. The Hall–Kier alpha value is -0.0800. The van der Waals surface area contributed by atoms with Gasteiger partial charge < -0.3 is 9.47 Å². The predicted octanol–water partition coefficient (Wildman–Crippen LogP) is 2.96. The van der Waals surface area contributed by atoms with Crippen molar-refractivity contribution in [1.82, 2.24) is 0 Å². The quantitative estimate of drug-likeness (QED) is 0.679. The van der Waals surface area contributed by atoms with Crippen LogP contribution in [0.3, 0.4) is 0 Å². The number of hydrogen-bond donors (Lipinski definition) is 0. The maximum absolute atomic E-state index is 6.35. The molecule has 4 bridgehead atoms. The Bertz CT molecular complexity index is 271. The van der Waals surface area contributed by atoms with Crippen molar-refractivity contribution >= 4 is 0 Å². The topological polar surface area (TPSA) is 18.5 Å². The largest absolute Gasteiger partial charge is 0.347 e. The SMILES string of the molecule is CCC1COC2(O1)C1CC3CC(C1)CC2C3. The van der Waals surface area contributed by atoms with Gasteiger partial charge in [0, 0.05) is 11.8 Å². The van der Waals surface area contributed by atoms with Gasteiger partial charge in [0.2, 0.25) is 0 Å². The molecule has 1 saturated heterocycles. The highest BCUT2D eigenvalue weighted by Crippen LogP contribution is 2.61. The van der Waals surface area contributed by atoms with E-state index >= 15 is 0 Å². The summed E-state index contributed by atoms with van der Waals surface area (Å²) in [6, 6.07) is 0. The van der Waals surface area contributed by atoms with Crippen LogP contribution in [0.25, 0.3) is 0 Å². The van der Waals surface area contributed by atoms with Gasteiger partial charge in [0.1, 0.15) is 0 Å². The van der Waals surface area contributed by atoms with Crippen molar-refractivity contribution in [2.75, 3.05) is 6.61 Å². The first kappa shape index (κ1) is 9.90. The summed E-state index contributed by atoms with van der Waals surface area (Å²) in [5.41, 5.74) is 0. The average molecular weight is 222 g/mol. The highest BCUT2D eigenvalue weighted by atomic mass is 16.7. The van der Waals surface area contributed by atoms with Crippen LogP contribution in [0.2, 0.25) is 0 Å². The molecule has 0 amide bonds. The molecule has 4 saturated carbocycles. The fraction of sp³-hybridized carbons (Fsp3) is 1.00. The Morgan fingerprint density at radius 3 is 2.12 bits per heavy atom. The van der Waals surface area contributed by atoms with E-state index in [1.54, 1.807) is 0 Å². The zero-order valence-electron chi connectivity index (χ0n) is 10.2. The van der Waals surface area contributed by atoms with E-state index in [-0.39, 0.29) is 5.79 Å². The van der Waals surface area contributed by atoms with E-state index in [4.69, 9.17) is 9.47 Å². The van der Waals surface area contributed by atoms with Gasteiger partial charge in [-0.25, -0.2) is 0 Å². The van der Waals surface area contributed by atoms with Gasteiger partial charge in [0.15, 0.2) is 5.79 Å². The van der Waals surface area contributed by atoms with Gasteiger partial charge in [0.25, 0.3) is 0 Å². The Balaban J connectivity index is 1.64. The summed E-state index contributed by atoms with van der Waals surface area (Å²) in [5.74, 6) is 3.32. The van der Waals surface area contributed by atoms with Crippen LogP contribution in [-0.2, 0) is 9.47 Å². The zero-order chi connectivity index (χ0) is 10.8. The zero-order valence-corrected chi connectivity index (χ0v) is 10.2. The van der Waals surface area contributed by atoms with E-state index in [1.807, 2.05) is 0 Å². The molecule has 5 rings (SSSR count). The van der Waals surface area contributed by atoms with Crippen LogP contribution >= 0.6 is 0 Å². The number of ether oxygens (including phenoxy) is 2. The average Bonchev–Trinajstić information content (AvgIpc) is 2.70. The van der Waals surface area contributed by atoms with E-state index in [0.717, 1.165) is 36.7 Å². The lowest BCUT2D eigenvalue weighted by atomic mass is 9.53. The smallest absolute Gasteiger partial charge is 0.174 e. The van der Waals surface area contributed by atoms with Gasteiger partial charge >= 0.3 is 0 Å². The van der Waals surface area contributed by atoms with Crippen molar-refractivity contribution in [2.24, 2.45) is 23.7 Å². The Labute approximate surface area is 97.7 Å². The standard InChI is InChI=1S/C14H22O2/c1-2-13-8-15-14(16-13)11-4-9-3-10(6-11)7-12(14)5-9/h9-13H,2-8H2,1H3. The van der Waals surface area contributed by atoms with Crippen LogP contribution < -0.4 is 0 Å². The minimum atomic E-state index is -0.131. The first-order valence-electron chi connectivity index (χ1n) is 7.12. The van der Waals surface area contributed by atoms with Crippen molar-refractivity contribution in [3.05, 3.63) is 0 Å². The van der Waals surface area contributed by atoms with Crippen LogP contribution in [0.4, 0.5) is 0 Å². The monoisotopic (exact) mass is 222 g/mol. The Morgan fingerprint density at radius 1 is 1.00 bits per heavy atom. The third-order valence-corrected chi connectivity index (χ3v) is 5.58. The van der Waals surface area contributed by atoms with Gasteiger partial charge in [-0.1, -0.05) is 6.92 Å². The van der Waals surface area contributed by atoms with Crippen molar-refractivity contribution in [3.63, 3.8) is 0 Å². The fourth-order valence-electron chi connectivity index (χ4n) is 5.02. The van der Waals surface area contributed by atoms with Crippen LogP contribution in [0.15, 0.2) is 0 Å². The molecule has 2 nitrogen and oxygen atoms in total. The maximum atomic E-state index is 6.35. The van der Waals surface area contributed by atoms with E-state index in [1.165, 1.54) is 32.1 Å². The lowest BCUT2D eigenvalue weighted by Crippen LogP contribution is -2.58. The minimum absolute atomic E-state index is 0.131. The molecule has 2 heteroatoms. The molecule has 0 aromatic rings. The molecular weight excluding hydrogens is 200 g/mol. The molecule has 0 radical (unpaired) electrons. The number of rotatable bonds is 1. The molecule has 0 aromatic heterocycles. The second kappa shape index (κ2) is 3.23. The second-order valence-corrected chi connectivity index (χ2v) is 6.48. The summed E-state index contributed by atoms with van der Waals surface area (Å²) in [7, 11) is 0. The Morgan fingerprint density at radius 2 is 1.62 bits per heavy atom. The van der Waals surface area contributed by atoms with Crippen molar-refractivity contribution in [1.29, 1.82) is 0 Å². The van der Waals surface area contributed by atoms with Gasteiger partial charge in [-0.05, 0) is 50.4 Å². The second-order valence-electron chi connectivity index (χ2n) is 6.48. The third-order valence-electron chi connectivity index (χ3n) is 5.58. The summed E-state index contributed by atoms with van der Waals surface area (Å²) < 4.78 is 12.6. The fourth-order valence-corrected chi connectivity index (χ4v) is 5.02. The van der Waals surface area contributed by atoms with Crippen LogP contribution in [0.5, 0.6) is 0 Å². The molecule has 0 N–H and O–H groups in total. The first-order chi connectivity index (χ1) is 7.80. The highest BCUT2D eigenvalue weighted by molar-refractivity contribution is 5.05. The summed E-state index contributed by atoms with van der Waals surface area (Å²) >= 11 is 0. The van der Waals surface area contributed by atoms with E-state index in [0.29, 0.717) is 6.10 Å². The molecular formula is C14H22O2. The van der Waals surface area contributed by atoms with E-state index in [9.17, 15) is 0 Å². The van der Waals surface area contributed by atoms with Gasteiger partial charge in [-0.3, -0.25) is 0 Å². The number of hydrogen-bond acceptors (Lipinski definition) is 2. The normalized spacial score (nSPS) is 58.7.